The molecule has 1 heterocycles. The number of amides is 1. The highest BCUT2D eigenvalue weighted by Crippen LogP contribution is 2.24. The van der Waals surface area contributed by atoms with Crippen molar-refractivity contribution in [2.75, 3.05) is 4.72 Å². The minimum absolute atomic E-state index is 0.0922. The summed E-state index contributed by atoms with van der Waals surface area (Å²) < 4.78 is 32.7. The van der Waals surface area contributed by atoms with Gasteiger partial charge >= 0.3 is 10.3 Å². The van der Waals surface area contributed by atoms with Crippen molar-refractivity contribution in [1.29, 1.82) is 0 Å². The smallest absolute Gasteiger partial charge is 0.357 e. The van der Waals surface area contributed by atoms with Gasteiger partial charge < -0.3 is 10.4 Å². The molecule has 1 aromatic heterocycles. The van der Waals surface area contributed by atoms with Gasteiger partial charge in [0.1, 0.15) is 5.01 Å². The fraction of sp³-hybridized carbons (Fsp3) is 0.500. The second-order valence-electron chi connectivity index (χ2n) is 7.48. The molecule has 1 aromatic carbocycles. The Morgan fingerprint density at radius 2 is 1.90 bits per heavy atom. The molecular weight excluding hydrogens is 426 g/mol. The fourth-order valence-corrected chi connectivity index (χ4v) is 4.20. The SMILES string of the molecule is CCc1csc([C@H](Cc2ccc(NS(=O)(=O)O)cc2)NC(=O)CC[C@H](O)C(C)C)n1. The number of aromatic nitrogens is 1. The van der Waals surface area contributed by atoms with E-state index in [4.69, 9.17) is 4.55 Å². The summed E-state index contributed by atoms with van der Waals surface area (Å²) in [6.07, 6.45) is 1.36. The van der Waals surface area contributed by atoms with Gasteiger partial charge in [0.15, 0.2) is 0 Å². The lowest BCUT2D eigenvalue weighted by molar-refractivity contribution is -0.122. The minimum Gasteiger partial charge on any atom is -0.393 e. The maximum atomic E-state index is 12.5. The molecule has 0 spiro atoms. The standard InChI is InChI=1S/C20H29N3O5S2/c1-4-15-12-29-20(21-15)17(22-19(25)10-9-18(24)13(2)3)11-14-5-7-16(8-6-14)23-30(26,27)28/h5-8,12-13,17-18,23-24H,4,9-11H2,1-3H3,(H,22,25)(H,26,27,28)/t17-,18-/m0/s1. The van der Waals surface area contributed by atoms with Crippen LogP contribution in [0.1, 0.15) is 55.9 Å². The molecule has 0 bridgehead atoms. The number of hydrogen-bond acceptors (Lipinski definition) is 6. The minimum atomic E-state index is -4.33. The Morgan fingerprint density at radius 1 is 1.23 bits per heavy atom. The van der Waals surface area contributed by atoms with Crippen molar-refractivity contribution in [1.82, 2.24) is 10.3 Å². The molecule has 2 atom stereocenters. The quantitative estimate of drug-likeness (QED) is 0.385. The molecule has 8 nitrogen and oxygen atoms in total. The van der Waals surface area contributed by atoms with Crippen molar-refractivity contribution in [3.8, 4) is 0 Å². The Bertz CT molecular complexity index is 926. The number of rotatable bonds is 11. The number of aryl methyl sites for hydroxylation is 1. The third-order valence-corrected chi connectivity index (χ3v) is 6.14. The Balaban J connectivity index is 2.11. The van der Waals surface area contributed by atoms with Gasteiger partial charge in [-0.05, 0) is 42.9 Å². The van der Waals surface area contributed by atoms with Crippen LogP contribution < -0.4 is 10.0 Å². The molecule has 4 N–H and O–H groups in total. The first kappa shape index (κ1) is 24.3. The van der Waals surface area contributed by atoms with Crippen molar-refractivity contribution < 1.29 is 22.9 Å². The van der Waals surface area contributed by atoms with Gasteiger partial charge in [-0.25, -0.2) is 4.98 Å². The highest BCUT2D eigenvalue weighted by atomic mass is 32.2. The Morgan fingerprint density at radius 3 is 2.43 bits per heavy atom. The van der Waals surface area contributed by atoms with E-state index >= 15 is 0 Å². The van der Waals surface area contributed by atoms with Crippen molar-refractivity contribution in [3.63, 3.8) is 0 Å². The van der Waals surface area contributed by atoms with Crippen LogP contribution >= 0.6 is 11.3 Å². The van der Waals surface area contributed by atoms with E-state index in [9.17, 15) is 18.3 Å². The molecule has 2 rings (SSSR count). The average Bonchev–Trinajstić information content (AvgIpc) is 3.15. The van der Waals surface area contributed by atoms with Crippen LogP contribution in [0.2, 0.25) is 0 Å². The first-order valence-corrected chi connectivity index (χ1v) is 12.1. The van der Waals surface area contributed by atoms with Gasteiger partial charge in [0.2, 0.25) is 5.91 Å². The molecule has 0 aliphatic carbocycles. The van der Waals surface area contributed by atoms with Crippen LogP contribution in [0.15, 0.2) is 29.6 Å². The molecule has 166 valence electrons. The van der Waals surface area contributed by atoms with Crippen LogP contribution in [0, 0.1) is 5.92 Å². The fourth-order valence-electron chi connectivity index (χ4n) is 2.82. The van der Waals surface area contributed by atoms with Crippen molar-refractivity contribution in [3.05, 3.63) is 45.9 Å². The van der Waals surface area contributed by atoms with Gasteiger partial charge in [0.25, 0.3) is 0 Å². The summed E-state index contributed by atoms with van der Waals surface area (Å²) in [5.41, 5.74) is 2.07. The molecule has 0 saturated heterocycles. The van der Waals surface area contributed by atoms with Crippen LogP contribution in [-0.2, 0) is 27.9 Å². The van der Waals surface area contributed by atoms with E-state index in [1.165, 1.54) is 11.3 Å². The monoisotopic (exact) mass is 455 g/mol. The van der Waals surface area contributed by atoms with Crippen LogP contribution in [-0.4, -0.2) is 35.1 Å². The highest BCUT2D eigenvalue weighted by Gasteiger charge is 2.20. The number of benzene rings is 1. The van der Waals surface area contributed by atoms with Crippen LogP contribution in [0.3, 0.4) is 0 Å². The largest absolute Gasteiger partial charge is 0.393 e. The molecule has 0 aliphatic rings. The number of nitrogens with zero attached hydrogens (tertiary/aromatic N) is 1. The summed E-state index contributed by atoms with van der Waals surface area (Å²) >= 11 is 1.48. The summed E-state index contributed by atoms with van der Waals surface area (Å²) in [5.74, 6) is -0.0628. The van der Waals surface area contributed by atoms with E-state index in [1.807, 2.05) is 30.9 Å². The average molecular weight is 456 g/mol. The third kappa shape index (κ3) is 8.02. The van der Waals surface area contributed by atoms with E-state index in [1.54, 1.807) is 24.3 Å². The zero-order chi connectivity index (χ0) is 22.3. The van der Waals surface area contributed by atoms with E-state index in [0.717, 1.165) is 22.7 Å². The van der Waals surface area contributed by atoms with Crippen LogP contribution in [0.5, 0.6) is 0 Å². The number of carbonyl (C=O) groups is 1. The summed E-state index contributed by atoms with van der Waals surface area (Å²) in [6, 6.07) is 6.20. The van der Waals surface area contributed by atoms with Crippen molar-refractivity contribution >= 4 is 33.2 Å². The van der Waals surface area contributed by atoms with E-state index < -0.39 is 16.4 Å². The number of anilines is 1. The molecule has 0 fully saturated rings. The number of thiazole rings is 1. The molecule has 0 saturated carbocycles. The van der Waals surface area contributed by atoms with E-state index in [0.29, 0.717) is 12.8 Å². The molecule has 2 aromatic rings. The molecule has 0 unspecified atom stereocenters. The zero-order valence-corrected chi connectivity index (χ0v) is 19.0. The molecule has 30 heavy (non-hydrogen) atoms. The number of hydrogen-bond donors (Lipinski definition) is 4. The summed E-state index contributed by atoms with van der Waals surface area (Å²) in [6.45, 7) is 5.84. The van der Waals surface area contributed by atoms with Crippen molar-refractivity contribution in [2.24, 2.45) is 5.92 Å². The lowest BCUT2D eigenvalue weighted by Gasteiger charge is -2.19. The summed E-state index contributed by atoms with van der Waals surface area (Å²) in [7, 11) is -4.33. The number of carbonyl (C=O) groups excluding carboxylic acids is 1. The first-order valence-electron chi connectivity index (χ1n) is 9.83. The topological polar surface area (TPSA) is 129 Å². The Hall–Kier alpha value is -2.01. The maximum absolute atomic E-state index is 12.5. The van der Waals surface area contributed by atoms with Gasteiger partial charge in [-0.2, -0.15) is 8.42 Å². The third-order valence-electron chi connectivity index (χ3n) is 4.64. The maximum Gasteiger partial charge on any atom is 0.357 e. The van der Waals surface area contributed by atoms with Gasteiger partial charge in [-0.1, -0.05) is 32.9 Å². The zero-order valence-electron chi connectivity index (χ0n) is 17.3. The van der Waals surface area contributed by atoms with Crippen LogP contribution in [0.4, 0.5) is 5.69 Å². The molecular formula is C20H29N3O5S2. The summed E-state index contributed by atoms with van der Waals surface area (Å²) in [5, 5.41) is 15.7. The molecule has 0 radical (unpaired) electrons. The van der Waals surface area contributed by atoms with Gasteiger partial charge in [-0.3, -0.25) is 14.1 Å². The number of nitrogens with one attached hydrogen (secondary N) is 2. The van der Waals surface area contributed by atoms with Crippen LogP contribution in [0.25, 0.3) is 0 Å². The summed E-state index contributed by atoms with van der Waals surface area (Å²) in [4.78, 5) is 17.1. The highest BCUT2D eigenvalue weighted by molar-refractivity contribution is 7.87. The molecule has 10 heteroatoms. The van der Waals surface area contributed by atoms with Gasteiger partial charge in [-0.15, -0.1) is 11.3 Å². The molecule has 1 amide bonds. The van der Waals surface area contributed by atoms with Gasteiger partial charge in [0.05, 0.1) is 23.5 Å². The second-order valence-corrected chi connectivity index (χ2v) is 9.52. The lowest BCUT2D eigenvalue weighted by atomic mass is 10.0. The second kappa shape index (κ2) is 10.9. The lowest BCUT2D eigenvalue weighted by Crippen LogP contribution is -2.31. The number of aliphatic hydroxyl groups is 1. The van der Waals surface area contributed by atoms with E-state index in [-0.39, 0.29) is 30.0 Å². The Kier molecular flexibility index (Phi) is 8.78. The normalized spacial score (nSPS) is 13.8. The first-order chi connectivity index (χ1) is 14.1. The predicted octanol–water partition coefficient (Wildman–Crippen LogP) is 3.12. The number of aliphatic hydroxyl groups excluding tert-OH is 1. The van der Waals surface area contributed by atoms with Crippen molar-refractivity contribution in [2.45, 2.75) is 58.6 Å². The Labute approximate surface area is 181 Å². The van der Waals surface area contributed by atoms with E-state index in [2.05, 4.69) is 10.3 Å². The predicted molar refractivity (Wildman–Crippen MR) is 118 cm³/mol. The molecule has 0 aliphatic heterocycles. The van der Waals surface area contributed by atoms with Gasteiger partial charge in [0, 0.05) is 11.8 Å².